The number of aromatic amines is 1. The molecule has 2 heterocycles. The zero-order valence-electron chi connectivity index (χ0n) is 10.8. The summed E-state index contributed by atoms with van der Waals surface area (Å²) in [6.45, 7) is 2.13. The smallest absolute Gasteiger partial charge is 0.204 e. The van der Waals surface area contributed by atoms with Crippen molar-refractivity contribution in [1.29, 1.82) is 0 Å². The minimum Gasteiger partial charge on any atom is -0.342 e. The summed E-state index contributed by atoms with van der Waals surface area (Å²) in [4.78, 5) is 10.2. The Balaban J connectivity index is 1.98. The van der Waals surface area contributed by atoms with Crippen molar-refractivity contribution in [3.05, 3.63) is 41.0 Å². The summed E-state index contributed by atoms with van der Waals surface area (Å²) in [5, 5.41) is 0. The Labute approximate surface area is 118 Å². The number of nitrogens with zero attached hydrogens (tertiary/aromatic N) is 2. The Morgan fingerprint density at radius 2 is 1.79 bits per heavy atom. The van der Waals surface area contributed by atoms with Gasteiger partial charge in [-0.05, 0) is 30.9 Å². The van der Waals surface area contributed by atoms with Crippen LogP contribution in [0.25, 0.3) is 11.3 Å². The molecule has 0 spiro atoms. The first-order chi connectivity index (χ1) is 9.33. The van der Waals surface area contributed by atoms with Crippen molar-refractivity contribution >= 4 is 18.2 Å². The van der Waals surface area contributed by atoms with Crippen LogP contribution in [0, 0.1) is 4.64 Å². The number of piperidine rings is 1. The second-order valence-corrected chi connectivity index (χ2v) is 5.29. The van der Waals surface area contributed by atoms with Gasteiger partial charge in [0.25, 0.3) is 0 Å². The van der Waals surface area contributed by atoms with E-state index in [2.05, 4.69) is 27.0 Å². The van der Waals surface area contributed by atoms with E-state index in [-0.39, 0.29) is 0 Å². The molecule has 3 rings (SSSR count). The molecule has 98 valence electrons. The van der Waals surface area contributed by atoms with E-state index in [0.29, 0.717) is 4.64 Å². The van der Waals surface area contributed by atoms with Crippen LogP contribution >= 0.6 is 12.2 Å². The van der Waals surface area contributed by atoms with Crippen LogP contribution in [0.5, 0.6) is 0 Å². The average Bonchev–Trinajstić information content (AvgIpc) is 2.48. The number of hydrogen-bond acceptors (Lipinski definition) is 3. The van der Waals surface area contributed by atoms with E-state index in [4.69, 9.17) is 12.2 Å². The first-order valence-electron chi connectivity index (χ1n) is 6.75. The summed E-state index contributed by atoms with van der Waals surface area (Å²) < 4.78 is 0.651. The minimum absolute atomic E-state index is 0.651. The molecule has 3 nitrogen and oxygen atoms in total. The highest BCUT2D eigenvalue weighted by Crippen LogP contribution is 2.21. The number of anilines is 1. The molecule has 1 N–H and O–H groups in total. The molecule has 1 aliphatic heterocycles. The quantitative estimate of drug-likeness (QED) is 0.843. The van der Waals surface area contributed by atoms with Crippen LogP contribution in [-0.2, 0) is 0 Å². The summed E-state index contributed by atoms with van der Waals surface area (Å²) in [6, 6.07) is 12.2. The molecular weight excluding hydrogens is 254 g/mol. The zero-order chi connectivity index (χ0) is 13.1. The molecule has 1 fully saturated rings. The van der Waals surface area contributed by atoms with Gasteiger partial charge in [-0.2, -0.15) is 0 Å². The lowest BCUT2D eigenvalue weighted by Crippen LogP contribution is -2.31. The number of rotatable bonds is 2. The van der Waals surface area contributed by atoms with Gasteiger partial charge in [0.1, 0.15) is 4.64 Å². The van der Waals surface area contributed by atoms with Crippen molar-refractivity contribution in [3.63, 3.8) is 0 Å². The van der Waals surface area contributed by atoms with Gasteiger partial charge in [-0.15, -0.1) is 0 Å². The maximum absolute atomic E-state index is 5.30. The lowest BCUT2D eigenvalue weighted by molar-refractivity contribution is 0.568. The van der Waals surface area contributed by atoms with E-state index in [1.54, 1.807) is 0 Å². The first-order valence-corrected chi connectivity index (χ1v) is 7.15. The van der Waals surface area contributed by atoms with E-state index in [9.17, 15) is 0 Å². The fourth-order valence-corrected chi connectivity index (χ4v) is 2.68. The van der Waals surface area contributed by atoms with Crippen molar-refractivity contribution in [1.82, 2.24) is 9.97 Å². The summed E-state index contributed by atoms with van der Waals surface area (Å²) in [6.07, 6.45) is 3.78. The summed E-state index contributed by atoms with van der Waals surface area (Å²) in [5.41, 5.74) is 2.19. The highest BCUT2D eigenvalue weighted by Gasteiger charge is 2.13. The third-order valence-corrected chi connectivity index (χ3v) is 3.68. The Bertz CT molecular complexity index is 600. The molecule has 0 amide bonds. The fourth-order valence-electron chi connectivity index (χ4n) is 2.47. The minimum atomic E-state index is 0.651. The van der Waals surface area contributed by atoms with E-state index >= 15 is 0 Å². The maximum atomic E-state index is 5.30. The van der Waals surface area contributed by atoms with Crippen LogP contribution < -0.4 is 4.90 Å². The topological polar surface area (TPSA) is 31.9 Å². The van der Waals surface area contributed by atoms with Crippen LogP contribution in [-0.4, -0.2) is 23.1 Å². The number of H-pyrrole nitrogens is 1. The Morgan fingerprint density at radius 1 is 1.05 bits per heavy atom. The molecule has 1 aliphatic rings. The van der Waals surface area contributed by atoms with Gasteiger partial charge in [-0.25, -0.2) is 4.98 Å². The van der Waals surface area contributed by atoms with Gasteiger partial charge in [0.15, 0.2) is 0 Å². The fraction of sp³-hybridized carbons (Fsp3) is 0.333. The van der Waals surface area contributed by atoms with E-state index in [1.165, 1.54) is 19.3 Å². The van der Waals surface area contributed by atoms with Crippen molar-refractivity contribution in [2.45, 2.75) is 19.3 Å². The number of hydrogen-bond donors (Lipinski definition) is 1. The summed E-state index contributed by atoms with van der Waals surface area (Å²) in [7, 11) is 0. The molecule has 2 aromatic rings. The molecule has 0 aliphatic carbocycles. The van der Waals surface area contributed by atoms with Gasteiger partial charge in [-0.1, -0.05) is 42.5 Å². The Hall–Kier alpha value is -1.68. The van der Waals surface area contributed by atoms with Gasteiger partial charge in [0, 0.05) is 13.1 Å². The number of aromatic nitrogens is 2. The largest absolute Gasteiger partial charge is 0.342 e. The van der Waals surface area contributed by atoms with Crippen LogP contribution in [0.1, 0.15) is 19.3 Å². The molecule has 0 unspecified atom stereocenters. The van der Waals surface area contributed by atoms with E-state index < -0.39 is 0 Å². The monoisotopic (exact) mass is 271 g/mol. The number of benzene rings is 1. The molecular formula is C15H17N3S. The van der Waals surface area contributed by atoms with Crippen LogP contribution in [0.15, 0.2) is 36.4 Å². The van der Waals surface area contributed by atoms with Crippen LogP contribution in [0.2, 0.25) is 0 Å². The predicted molar refractivity (Wildman–Crippen MR) is 80.9 cm³/mol. The predicted octanol–water partition coefficient (Wildman–Crippen LogP) is 3.80. The molecule has 0 bridgehead atoms. The van der Waals surface area contributed by atoms with Gasteiger partial charge < -0.3 is 9.88 Å². The first kappa shape index (κ1) is 12.4. The molecule has 1 saturated heterocycles. The molecule has 1 aromatic heterocycles. The van der Waals surface area contributed by atoms with E-state index in [1.807, 2.05) is 24.3 Å². The van der Waals surface area contributed by atoms with Gasteiger partial charge >= 0.3 is 0 Å². The van der Waals surface area contributed by atoms with Gasteiger partial charge in [0.2, 0.25) is 5.95 Å². The Kier molecular flexibility index (Phi) is 3.60. The standard InChI is InChI=1S/C15H17N3S/c19-14-11-13(12-7-3-1-4-8-12)16-15(17-14)18-9-5-2-6-10-18/h1,3-4,7-8,11H,2,5-6,9-10H2,(H,16,17,19). The van der Waals surface area contributed by atoms with Crippen LogP contribution in [0.4, 0.5) is 5.95 Å². The SMILES string of the molecule is S=c1cc(-c2ccccc2)[nH]c(N2CCCCC2)n1. The summed E-state index contributed by atoms with van der Waals surface area (Å²) in [5.74, 6) is 0.908. The lowest BCUT2D eigenvalue weighted by Gasteiger charge is -2.27. The molecule has 4 heteroatoms. The highest BCUT2D eigenvalue weighted by molar-refractivity contribution is 7.71. The average molecular weight is 271 g/mol. The maximum Gasteiger partial charge on any atom is 0.204 e. The second-order valence-electron chi connectivity index (χ2n) is 4.87. The van der Waals surface area contributed by atoms with Gasteiger partial charge in [-0.3, -0.25) is 0 Å². The zero-order valence-corrected chi connectivity index (χ0v) is 11.6. The molecule has 0 atom stereocenters. The molecule has 19 heavy (non-hydrogen) atoms. The second kappa shape index (κ2) is 5.53. The third-order valence-electron chi connectivity index (χ3n) is 3.47. The van der Waals surface area contributed by atoms with Crippen molar-refractivity contribution in [2.75, 3.05) is 18.0 Å². The Morgan fingerprint density at radius 3 is 2.53 bits per heavy atom. The number of nitrogens with one attached hydrogen (secondary N) is 1. The summed E-state index contributed by atoms with van der Waals surface area (Å²) >= 11 is 5.30. The molecule has 0 saturated carbocycles. The molecule has 1 aromatic carbocycles. The highest BCUT2D eigenvalue weighted by atomic mass is 32.1. The third kappa shape index (κ3) is 2.84. The van der Waals surface area contributed by atoms with Gasteiger partial charge in [0.05, 0.1) is 5.69 Å². The van der Waals surface area contributed by atoms with Crippen LogP contribution in [0.3, 0.4) is 0 Å². The van der Waals surface area contributed by atoms with Crippen molar-refractivity contribution < 1.29 is 0 Å². The van der Waals surface area contributed by atoms with Crippen molar-refractivity contribution in [3.8, 4) is 11.3 Å². The van der Waals surface area contributed by atoms with E-state index in [0.717, 1.165) is 30.3 Å². The lowest BCUT2D eigenvalue weighted by atomic mass is 10.1. The van der Waals surface area contributed by atoms with Crippen molar-refractivity contribution in [2.24, 2.45) is 0 Å². The molecule has 0 radical (unpaired) electrons. The normalized spacial score (nSPS) is 15.5.